The summed E-state index contributed by atoms with van der Waals surface area (Å²) >= 11 is 0. The Kier molecular flexibility index (Phi) is 10.3. The van der Waals surface area contributed by atoms with Gasteiger partial charge in [-0.25, -0.2) is 14.0 Å². The molecule has 204 valence electrons. The number of halogens is 1. The molecule has 1 unspecified atom stereocenters. The molecule has 1 aliphatic rings. The molecule has 0 saturated carbocycles. The van der Waals surface area contributed by atoms with E-state index in [4.69, 9.17) is 9.47 Å². The van der Waals surface area contributed by atoms with Crippen LogP contribution in [0.5, 0.6) is 11.5 Å². The second-order valence-electron chi connectivity index (χ2n) is 8.97. The number of allylic oxidation sites excluding steroid dienone is 2. The predicted octanol–water partition coefficient (Wildman–Crippen LogP) is 3.42. The lowest BCUT2D eigenvalue weighted by Crippen LogP contribution is -2.32. The summed E-state index contributed by atoms with van der Waals surface area (Å²) in [5, 5.41) is 35.7. The van der Waals surface area contributed by atoms with Crippen LogP contribution in [-0.4, -0.2) is 59.7 Å². The number of rotatable bonds is 14. The first-order valence-corrected chi connectivity index (χ1v) is 12.3. The van der Waals surface area contributed by atoms with Gasteiger partial charge in [-0.05, 0) is 63.6 Å². The van der Waals surface area contributed by atoms with E-state index in [9.17, 15) is 29.3 Å². The van der Waals surface area contributed by atoms with Crippen molar-refractivity contribution in [2.24, 2.45) is 0 Å². The van der Waals surface area contributed by atoms with Crippen molar-refractivity contribution in [3.63, 3.8) is 0 Å². The van der Waals surface area contributed by atoms with Crippen LogP contribution < -0.4 is 20.1 Å². The van der Waals surface area contributed by atoms with E-state index in [1.54, 1.807) is 0 Å². The average Bonchev–Trinajstić information content (AvgIpc) is 2.87. The van der Waals surface area contributed by atoms with Crippen LogP contribution in [0.2, 0.25) is 0 Å². The lowest BCUT2D eigenvalue weighted by molar-refractivity contribution is -0.133. The number of carbonyl (C=O) groups is 2. The molecule has 0 aromatic heterocycles. The van der Waals surface area contributed by atoms with Crippen LogP contribution in [0.3, 0.4) is 0 Å². The van der Waals surface area contributed by atoms with Crippen molar-refractivity contribution in [1.82, 2.24) is 10.6 Å². The Morgan fingerprint density at radius 1 is 1.00 bits per heavy atom. The van der Waals surface area contributed by atoms with Crippen LogP contribution in [0.1, 0.15) is 38.2 Å². The SMILES string of the molecule is CC1=C(C(=O)O)C(c2cc(F)ccc2OCCCCNCC(O)COc2ccccc2)C(C(=O)O)=C(C)N1. The van der Waals surface area contributed by atoms with Gasteiger partial charge in [-0.1, -0.05) is 18.2 Å². The molecule has 9 nitrogen and oxygen atoms in total. The van der Waals surface area contributed by atoms with Crippen LogP contribution >= 0.6 is 0 Å². The number of ether oxygens (including phenoxy) is 2. The van der Waals surface area contributed by atoms with E-state index in [-0.39, 0.29) is 47.1 Å². The number of hydrogen-bond donors (Lipinski definition) is 5. The molecule has 1 atom stereocenters. The molecular weight excluding hydrogens is 495 g/mol. The minimum absolute atomic E-state index is 0.139. The molecule has 0 radical (unpaired) electrons. The fraction of sp³-hybridized carbons (Fsp3) is 0.357. The molecule has 3 rings (SSSR count). The van der Waals surface area contributed by atoms with Gasteiger partial charge in [-0.3, -0.25) is 0 Å². The second kappa shape index (κ2) is 13.6. The van der Waals surface area contributed by atoms with E-state index >= 15 is 0 Å². The number of carboxylic acids is 2. The number of aliphatic hydroxyl groups is 1. The maximum Gasteiger partial charge on any atom is 0.334 e. The van der Waals surface area contributed by atoms with E-state index in [0.29, 0.717) is 25.3 Å². The smallest absolute Gasteiger partial charge is 0.334 e. The van der Waals surface area contributed by atoms with Crippen LogP contribution in [0.15, 0.2) is 71.1 Å². The molecule has 10 heteroatoms. The fourth-order valence-corrected chi connectivity index (χ4v) is 4.32. The first-order valence-electron chi connectivity index (χ1n) is 12.3. The highest BCUT2D eigenvalue weighted by atomic mass is 19.1. The minimum Gasteiger partial charge on any atom is -0.493 e. The lowest BCUT2D eigenvalue weighted by Gasteiger charge is -2.29. The fourth-order valence-electron chi connectivity index (χ4n) is 4.32. The normalized spacial score (nSPS) is 14.7. The maximum atomic E-state index is 14.3. The molecule has 2 aromatic carbocycles. The summed E-state index contributed by atoms with van der Waals surface area (Å²) in [6.07, 6.45) is 0.668. The molecular formula is C28H33FN2O7. The van der Waals surface area contributed by atoms with Crippen LogP contribution in [0.25, 0.3) is 0 Å². The number of hydrogen-bond acceptors (Lipinski definition) is 7. The van der Waals surface area contributed by atoms with Gasteiger partial charge >= 0.3 is 11.9 Å². The van der Waals surface area contributed by atoms with Crippen molar-refractivity contribution in [2.75, 3.05) is 26.3 Å². The topological polar surface area (TPSA) is 137 Å². The third-order valence-corrected chi connectivity index (χ3v) is 6.08. The third kappa shape index (κ3) is 7.56. The van der Waals surface area contributed by atoms with E-state index in [0.717, 1.165) is 12.5 Å². The summed E-state index contributed by atoms with van der Waals surface area (Å²) in [6.45, 7) is 4.47. The van der Waals surface area contributed by atoms with Gasteiger partial charge < -0.3 is 35.4 Å². The molecule has 0 fully saturated rings. The Bertz CT molecular complexity index is 1160. The zero-order chi connectivity index (χ0) is 27.7. The minimum atomic E-state index is -1.30. The highest BCUT2D eigenvalue weighted by Gasteiger charge is 2.38. The Balaban J connectivity index is 1.56. The molecule has 1 heterocycles. The monoisotopic (exact) mass is 528 g/mol. The van der Waals surface area contributed by atoms with Gasteiger partial charge in [0.15, 0.2) is 0 Å². The van der Waals surface area contributed by atoms with E-state index in [2.05, 4.69) is 10.6 Å². The van der Waals surface area contributed by atoms with Crippen molar-refractivity contribution in [1.29, 1.82) is 0 Å². The maximum absolute atomic E-state index is 14.3. The molecule has 0 bridgehead atoms. The van der Waals surface area contributed by atoms with Crippen molar-refractivity contribution in [3.8, 4) is 11.5 Å². The van der Waals surface area contributed by atoms with E-state index < -0.39 is 29.8 Å². The predicted molar refractivity (Wildman–Crippen MR) is 138 cm³/mol. The van der Waals surface area contributed by atoms with Gasteiger partial charge in [0.25, 0.3) is 0 Å². The third-order valence-electron chi connectivity index (χ3n) is 6.08. The molecule has 38 heavy (non-hydrogen) atoms. The highest BCUT2D eigenvalue weighted by molar-refractivity contribution is 5.98. The summed E-state index contributed by atoms with van der Waals surface area (Å²) in [4.78, 5) is 24.1. The number of dihydropyridines is 1. The molecule has 1 aliphatic heterocycles. The molecule has 2 aromatic rings. The van der Waals surface area contributed by atoms with Crippen molar-refractivity contribution < 1.29 is 38.8 Å². The molecule has 0 amide bonds. The average molecular weight is 529 g/mol. The second-order valence-corrected chi connectivity index (χ2v) is 8.97. The van der Waals surface area contributed by atoms with Crippen LogP contribution in [0, 0.1) is 5.82 Å². The lowest BCUT2D eigenvalue weighted by atomic mass is 9.80. The van der Waals surface area contributed by atoms with Gasteiger partial charge in [0, 0.05) is 23.5 Å². The number of para-hydroxylation sites is 1. The molecule has 0 saturated heterocycles. The van der Waals surface area contributed by atoms with Gasteiger partial charge in [-0.2, -0.15) is 0 Å². The number of aliphatic hydroxyl groups excluding tert-OH is 1. The number of unbranched alkanes of at least 4 members (excludes halogenated alkanes) is 1. The van der Waals surface area contributed by atoms with Gasteiger partial charge in [-0.15, -0.1) is 0 Å². The quantitative estimate of drug-likeness (QED) is 0.234. The number of nitrogens with one attached hydrogen (secondary N) is 2. The zero-order valence-electron chi connectivity index (χ0n) is 21.4. The van der Waals surface area contributed by atoms with Crippen LogP contribution in [0.4, 0.5) is 4.39 Å². The van der Waals surface area contributed by atoms with Crippen LogP contribution in [-0.2, 0) is 9.59 Å². The van der Waals surface area contributed by atoms with E-state index in [1.165, 1.54) is 26.0 Å². The molecule has 0 spiro atoms. The van der Waals surface area contributed by atoms with E-state index in [1.807, 2.05) is 30.3 Å². The summed E-state index contributed by atoms with van der Waals surface area (Å²) < 4.78 is 25.7. The zero-order valence-corrected chi connectivity index (χ0v) is 21.4. The first-order chi connectivity index (χ1) is 18.2. The standard InChI is InChI=1S/C28H33FN2O7/c1-17-24(27(33)34)26(25(28(35)36)18(2)31-17)22-14-19(29)10-11-23(22)37-13-7-6-12-30-15-20(32)16-38-21-8-4-3-5-9-21/h3-5,8-11,14,20,26,30-32H,6-7,12-13,15-16H2,1-2H3,(H,33,34)(H,35,36). The Morgan fingerprint density at radius 3 is 2.29 bits per heavy atom. The summed E-state index contributed by atoms with van der Waals surface area (Å²) in [5.74, 6) is -3.53. The molecule has 5 N–H and O–H groups in total. The summed E-state index contributed by atoms with van der Waals surface area (Å²) in [7, 11) is 0. The Labute approximate surface area is 220 Å². The van der Waals surface area contributed by atoms with Crippen molar-refractivity contribution >= 4 is 11.9 Å². The molecule has 0 aliphatic carbocycles. The first kappa shape index (κ1) is 28.7. The Morgan fingerprint density at radius 2 is 1.66 bits per heavy atom. The number of benzene rings is 2. The van der Waals surface area contributed by atoms with Gasteiger partial charge in [0.05, 0.1) is 23.7 Å². The number of carboxylic acid groups (broad SMARTS) is 2. The van der Waals surface area contributed by atoms with Gasteiger partial charge in [0.2, 0.25) is 0 Å². The largest absolute Gasteiger partial charge is 0.493 e. The number of aliphatic carboxylic acids is 2. The summed E-state index contributed by atoms with van der Waals surface area (Å²) in [5.41, 5.74) is 0.342. The Hall–Kier alpha value is -3.89. The van der Waals surface area contributed by atoms with Gasteiger partial charge in [0.1, 0.15) is 30.0 Å². The van der Waals surface area contributed by atoms with Crippen molar-refractivity contribution in [3.05, 3.63) is 82.5 Å². The van der Waals surface area contributed by atoms with Crippen molar-refractivity contribution in [2.45, 2.75) is 38.7 Å². The summed E-state index contributed by atoms with van der Waals surface area (Å²) in [6, 6.07) is 12.9. The highest BCUT2D eigenvalue weighted by Crippen LogP contribution is 2.42.